The second kappa shape index (κ2) is 7.96. The van der Waals surface area contributed by atoms with Crippen LogP contribution in [-0.2, 0) is 11.2 Å². The van der Waals surface area contributed by atoms with E-state index in [9.17, 15) is 4.39 Å². The van der Waals surface area contributed by atoms with Gasteiger partial charge in [0.2, 0.25) is 0 Å². The molecule has 0 bridgehead atoms. The van der Waals surface area contributed by atoms with Crippen LogP contribution in [0.1, 0.15) is 30.5 Å². The second-order valence-corrected chi connectivity index (χ2v) is 4.50. The van der Waals surface area contributed by atoms with Crippen molar-refractivity contribution in [2.75, 3.05) is 0 Å². The monoisotopic (exact) mass is 283 g/mol. The molecule has 0 aliphatic rings. The number of carbonyl (C=O) groups is 1. The molecule has 0 N–H and O–H groups in total. The van der Waals surface area contributed by atoms with Crippen LogP contribution >= 0.6 is 0 Å². The zero-order chi connectivity index (χ0) is 15.8. The molecule has 0 fully saturated rings. The smallest absolute Gasteiger partial charge is 0.141 e. The van der Waals surface area contributed by atoms with E-state index in [2.05, 4.69) is 19.9 Å². The third kappa shape index (κ3) is 4.00. The highest BCUT2D eigenvalue weighted by Gasteiger charge is 2.09. The Morgan fingerprint density at radius 1 is 1.29 bits per heavy atom. The minimum atomic E-state index is -0.460. The number of nitriles is 1. The number of halogens is 1. The summed E-state index contributed by atoms with van der Waals surface area (Å²) in [4.78, 5) is 8.81. The standard InChI is InChI=1S/C16H14FN.C2H4O/c1-3-14-11(2)5-4-6-15(14)12-7-8-13(10-18)16(17)9-12;1-2-3/h4-9H,3H2,1-2H3;2H,1H3. The van der Waals surface area contributed by atoms with Crippen molar-refractivity contribution in [2.24, 2.45) is 0 Å². The Bertz CT molecular complexity index is 671. The van der Waals surface area contributed by atoms with E-state index in [0.29, 0.717) is 0 Å². The first kappa shape index (κ1) is 16.6. The minimum Gasteiger partial charge on any atom is -0.304 e. The molecule has 0 unspecified atom stereocenters. The van der Waals surface area contributed by atoms with Gasteiger partial charge in [-0.1, -0.05) is 31.2 Å². The largest absolute Gasteiger partial charge is 0.304 e. The molecule has 0 heterocycles. The lowest BCUT2D eigenvalue weighted by Gasteiger charge is -2.11. The molecule has 0 amide bonds. The van der Waals surface area contributed by atoms with Gasteiger partial charge in [-0.2, -0.15) is 5.26 Å². The fraction of sp³-hybridized carbons (Fsp3) is 0.222. The van der Waals surface area contributed by atoms with Crippen LogP contribution in [0.3, 0.4) is 0 Å². The summed E-state index contributed by atoms with van der Waals surface area (Å²) in [6.07, 6.45) is 1.66. The Morgan fingerprint density at radius 3 is 2.48 bits per heavy atom. The first-order valence-electron chi connectivity index (χ1n) is 6.77. The number of rotatable bonds is 2. The van der Waals surface area contributed by atoms with Gasteiger partial charge in [0.15, 0.2) is 0 Å². The lowest BCUT2D eigenvalue weighted by Crippen LogP contribution is -1.93. The van der Waals surface area contributed by atoms with Gasteiger partial charge >= 0.3 is 0 Å². The number of aryl methyl sites for hydroxylation is 1. The molecule has 2 aromatic carbocycles. The summed E-state index contributed by atoms with van der Waals surface area (Å²) in [7, 11) is 0. The number of hydrogen-bond donors (Lipinski definition) is 0. The summed E-state index contributed by atoms with van der Waals surface area (Å²) in [6.45, 7) is 5.59. The van der Waals surface area contributed by atoms with Crippen LogP contribution in [0.4, 0.5) is 4.39 Å². The highest BCUT2D eigenvalue weighted by atomic mass is 19.1. The fourth-order valence-corrected chi connectivity index (χ4v) is 2.22. The topological polar surface area (TPSA) is 40.9 Å². The van der Waals surface area contributed by atoms with Crippen molar-refractivity contribution < 1.29 is 9.18 Å². The number of carbonyl (C=O) groups excluding carboxylic acids is 1. The third-order valence-electron chi connectivity index (χ3n) is 3.16. The van der Waals surface area contributed by atoms with Crippen LogP contribution in [0.25, 0.3) is 11.1 Å². The van der Waals surface area contributed by atoms with E-state index in [-0.39, 0.29) is 5.56 Å². The van der Waals surface area contributed by atoms with Gasteiger partial charge in [-0.25, -0.2) is 4.39 Å². The van der Waals surface area contributed by atoms with E-state index in [1.165, 1.54) is 30.2 Å². The minimum absolute atomic E-state index is 0.0875. The van der Waals surface area contributed by atoms with Crippen molar-refractivity contribution in [3.8, 4) is 17.2 Å². The van der Waals surface area contributed by atoms with Crippen LogP contribution in [0.15, 0.2) is 36.4 Å². The molecule has 0 aromatic heterocycles. The molecular weight excluding hydrogens is 265 g/mol. The molecule has 2 aromatic rings. The summed E-state index contributed by atoms with van der Waals surface area (Å²) in [6, 6.07) is 12.6. The number of hydrogen-bond acceptors (Lipinski definition) is 2. The zero-order valence-corrected chi connectivity index (χ0v) is 12.5. The van der Waals surface area contributed by atoms with Crippen molar-refractivity contribution in [2.45, 2.75) is 27.2 Å². The van der Waals surface area contributed by atoms with Crippen LogP contribution in [-0.4, -0.2) is 6.29 Å². The Kier molecular flexibility index (Phi) is 6.29. The van der Waals surface area contributed by atoms with Gasteiger partial charge in [0, 0.05) is 0 Å². The molecule has 0 aliphatic heterocycles. The van der Waals surface area contributed by atoms with Gasteiger partial charge in [-0.15, -0.1) is 0 Å². The Morgan fingerprint density at radius 2 is 1.95 bits per heavy atom. The maximum atomic E-state index is 13.6. The van der Waals surface area contributed by atoms with E-state index in [0.717, 1.165) is 23.8 Å². The molecule has 0 radical (unpaired) electrons. The first-order chi connectivity index (χ1) is 10.1. The summed E-state index contributed by atoms with van der Waals surface area (Å²) >= 11 is 0. The summed E-state index contributed by atoms with van der Waals surface area (Å²) in [5, 5.41) is 8.73. The molecule has 0 saturated heterocycles. The van der Waals surface area contributed by atoms with Crippen molar-refractivity contribution >= 4 is 6.29 Å². The fourth-order valence-electron chi connectivity index (χ4n) is 2.22. The molecule has 0 aliphatic carbocycles. The van der Waals surface area contributed by atoms with Crippen LogP contribution in [0, 0.1) is 24.1 Å². The van der Waals surface area contributed by atoms with E-state index < -0.39 is 5.82 Å². The molecular formula is C18H18FNO. The normalized spacial score (nSPS) is 9.29. The molecule has 108 valence electrons. The highest BCUT2D eigenvalue weighted by molar-refractivity contribution is 5.69. The predicted octanol–water partition coefficient (Wildman–Crippen LogP) is 4.44. The average Bonchev–Trinajstić information content (AvgIpc) is 2.47. The van der Waals surface area contributed by atoms with E-state index in [1.807, 2.05) is 18.2 Å². The Balaban J connectivity index is 0.000000677. The molecule has 0 saturated carbocycles. The highest BCUT2D eigenvalue weighted by Crippen LogP contribution is 2.27. The van der Waals surface area contributed by atoms with E-state index in [1.54, 1.807) is 6.07 Å². The summed E-state index contributed by atoms with van der Waals surface area (Å²) in [5.74, 6) is -0.460. The number of nitrogens with zero attached hydrogens (tertiary/aromatic N) is 1. The van der Waals surface area contributed by atoms with Crippen molar-refractivity contribution in [3.63, 3.8) is 0 Å². The maximum Gasteiger partial charge on any atom is 0.141 e. The molecule has 21 heavy (non-hydrogen) atoms. The van der Waals surface area contributed by atoms with Crippen LogP contribution in [0.5, 0.6) is 0 Å². The molecule has 0 spiro atoms. The quantitative estimate of drug-likeness (QED) is 0.764. The first-order valence-corrected chi connectivity index (χ1v) is 6.77. The molecule has 2 rings (SSSR count). The van der Waals surface area contributed by atoms with Crippen molar-refractivity contribution in [3.05, 3.63) is 58.9 Å². The van der Waals surface area contributed by atoms with E-state index >= 15 is 0 Å². The third-order valence-corrected chi connectivity index (χ3v) is 3.16. The zero-order valence-electron chi connectivity index (χ0n) is 12.5. The van der Waals surface area contributed by atoms with Crippen LogP contribution < -0.4 is 0 Å². The number of benzene rings is 2. The Labute approximate surface area is 124 Å². The van der Waals surface area contributed by atoms with Gasteiger partial charge < -0.3 is 4.79 Å². The van der Waals surface area contributed by atoms with Crippen molar-refractivity contribution in [1.82, 2.24) is 0 Å². The molecule has 0 atom stereocenters. The van der Waals surface area contributed by atoms with Crippen LogP contribution in [0.2, 0.25) is 0 Å². The lowest BCUT2D eigenvalue weighted by atomic mass is 9.94. The predicted molar refractivity (Wildman–Crippen MR) is 82.4 cm³/mol. The average molecular weight is 283 g/mol. The van der Waals surface area contributed by atoms with Gasteiger partial charge in [0.1, 0.15) is 18.2 Å². The van der Waals surface area contributed by atoms with Gasteiger partial charge in [0.25, 0.3) is 0 Å². The summed E-state index contributed by atoms with van der Waals surface area (Å²) in [5.41, 5.74) is 4.39. The molecule has 3 heteroatoms. The Hall–Kier alpha value is -2.47. The van der Waals surface area contributed by atoms with E-state index in [4.69, 9.17) is 10.1 Å². The second-order valence-electron chi connectivity index (χ2n) is 4.50. The van der Waals surface area contributed by atoms with Gasteiger partial charge in [-0.05, 0) is 54.7 Å². The lowest BCUT2D eigenvalue weighted by molar-refractivity contribution is -0.106. The molecule has 2 nitrogen and oxygen atoms in total. The SMILES string of the molecule is CC=O.CCc1c(C)cccc1-c1ccc(C#N)c(F)c1. The van der Waals surface area contributed by atoms with Crippen molar-refractivity contribution in [1.29, 1.82) is 5.26 Å². The van der Waals surface area contributed by atoms with Gasteiger partial charge in [0.05, 0.1) is 5.56 Å². The summed E-state index contributed by atoms with van der Waals surface area (Å²) < 4.78 is 13.6. The maximum absolute atomic E-state index is 13.6. The number of aldehydes is 1. The van der Waals surface area contributed by atoms with Gasteiger partial charge in [-0.3, -0.25) is 0 Å².